The van der Waals surface area contributed by atoms with Crippen LogP contribution in [0.5, 0.6) is 0 Å². The van der Waals surface area contributed by atoms with E-state index < -0.39 is 39.4 Å². The third-order valence-corrected chi connectivity index (χ3v) is 7.57. The number of nitrogens with zero attached hydrogens (tertiary/aromatic N) is 1. The summed E-state index contributed by atoms with van der Waals surface area (Å²) >= 11 is 1.08. The predicted molar refractivity (Wildman–Crippen MR) is 118 cm³/mol. The molecule has 1 aliphatic heterocycles. The number of carbonyl (C=O) groups excluding carboxylic acids is 3. The molecular formula is C21H23FN2O7S2. The number of hydrogen-bond donors (Lipinski definition) is 1. The van der Waals surface area contributed by atoms with Crippen molar-refractivity contribution in [1.29, 1.82) is 0 Å². The molecule has 12 heteroatoms. The first-order valence-electron chi connectivity index (χ1n) is 10.2. The third kappa shape index (κ3) is 5.69. The summed E-state index contributed by atoms with van der Waals surface area (Å²) in [6.45, 7) is 4.20. The van der Waals surface area contributed by atoms with E-state index in [0.717, 1.165) is 35.6 Å². The molecular weight excluding hydrogens is 475 g/mol. The fourth-order valence-electron chi connectivity index (χ4n) is 3.34. The number of benzene rings is 1. The lowest BCUT2D eigenvalue weighted by molar-refractivity contribution is -0.113. The van der Waals surface area contributed by atoms with Crippen molar-refractivity contribution in [3.05, 3.63) is 46.1 Å². The van der Waals surface area contributed by atoms with E-state index in [1.165, 1.54) is 4.90 Å². The van der Waals surface area contributed by atoms with Gasteiger partial charge in [-0.05, 0) is 50.1 Å². The van der Waals surface area contributed by atoms with Crippen molar-refractivity contribution in [2.75, 3.05) is 30.8 Å². The number of halogens is 1. The fourth-order valence-corrected chi connectivity index (χ4v) is 5.74. The Balaban J connectivity index is 1.84. The normalized spacial score (nSPS) is 13.2. The zero-order valence-corrected chi connectivity index (χ0v) is 19.7. The SMILES string of the molecule is CCOC(=O)c1c(NC(=O)CS(=O)(=O)c2ccc(F)cc2)sc2c1CCN(C(=O)OCC)C2. The molecule has 0 spiro atoms. The number of sulfone groups is 1. The number of nitrogens with one attached hydrogen (secondary N) is 1. The van der Waals surface area contributed by atoms with Gasteiger partial charge in [-0.2, -0.15) is 0 Å². The second-order valence-electron chi connectivity index (χ2n) is 7.06. The molecule has 3 rings (SSSR count). The van der Waals surface area contributed by atoms with E-state index in [1.54, 1.807) is 13.8 Å². The Labute approximate surface area is 194 Å². The number of fused-ring (bicyclic) bond motifs is 1. The van der Waals surface area contributed by atoms with Gasteiger partial charge < -0.3 is 19.7 Å². The van der Waals surface area contributed by atoms with E-state index >= 15 is 0 Å². The first-order chi connectivity index (χ1) is 15.7. The molecule has 0 radical (unpaired) electrons. The highest BCUT2D eigenvalue weighted by Crippen LogP contribution is 2.38. The molecule has 0 fully saturated rings. The highest BCUT2D eigenvalue weighted by atomic mass is 32.2. The van der Waals surface area contributed by atoms with Crippen LogP contribution in [0.15, 0.2) is 29.2 Å². The highest BCUT2D eigenvalue weighted by Gasteiger charge is 2.32. The van der Waals surface area contributed by atoms with Gasteiger partial charge in [0.15, 0.2) is 9.84 Å². The maximum absolute atomic E-state index is 13.1. The number of hydrogen-bond acceptors (Lipinski definition) is 8. The number of ether oxygens (including phenoxy) is 2. The molecule has 1 N–H and O–H groups in total. The minimum atomic E-state index is -4.03. The van der Waals surface area contributed by atoms with Gasteiger partial charge in [0, 0.05) is 11.4 Å². The van der Waals surface area contributed by atoms with Gasteiger partial charge >= 0.3 is 12.1 Å². The van der Waals surface area contributed by atoms with E-state index in [2.05, 4.69) is 5.32 Å². The Morgan fingerprint density at radius 1 is 1.12 bits per heavy atom. The van der Waals surface area contributed by atoms with Gasteiger partial charge in [-0.25, -0.2) is 22.4 Å². The van der Waals surface area contributed by atoms with Crippen molar-refractivity contribution < 1.29 is 36.7 Å². The zero-order valence-electron chi connectivity index (χ0n) is 18.1. The molecule has 2 heterocycles. The Hall–Kier alpha value is -2.99. The third-order valence-electron chi connectivity index (χ3n) is 4.81. The molecule has 0 aliphatic carbocycles. The van der Waals surface area contributed by atoms with Crippen molar-refractivity contribution in [3.8, 4) is 0 Å². The molecule has 0 unspecified atom stereocenters. The van der Waals surface area contributed by atoms with Crippen LogP contribution in [-0.2, 0) is 37.1 Å². The van der Waals surface area contributed by atoms with Gasteiger partial charge in [0.1, 0.15) is 16.6 Å². The Bertz CT molecular complexity index is 1160. The van der Waals surface area contributed by atoms with Gasteiger partial charge in [-0.1, -0.05) is 0 Å². The molecule has 1 aromatic carbocycles. The molecule has 1 aromatic heterocycles. The van der Waals surface area contributed by atoms with Crippen molar-refractivity contribution >= 4 is 44.1 Å². The van der Waals surface area contributed by atoms with Crippen LogP contribution in [0.1, 0.15) is 34.6 Å². The molecule has 178 valence electrons. The van der Waals surface area contributed by atoms with Gasteiger partial charge in [-0.15, -0.1) is 11.3 Å². The maximum atomic E-state index is 13.1. The summed E-state index contributed by atoms with van der Waals surface area (Å²) in [5.41, 5.74) is 0.809. The smallest absolute Gasteiger partial charge is 0.410 e. The summed E-state index contributed by atoms with van der Waals surface area (Å²) in [6.07, 6.45) is -0.132. The fraction of sp³-hybridized carbons (Fsp3) is 0.381. The van der Waals surface area contributed by atoms with Crippen molar-refractivity contribution in [3.63, 3.8) is 0 Å². The average molecular weight is 499 g/mol. The van der Waals surface area contributed by atoms with E-state index in [9.17, 15) is 27.2 Å². The van der Waals surface area contributed by atoms with E-state index in [4.69, 9.17) is 9.47 Å². The number of thiophene rings is 1. The second-order valence-corrected chi connectivity index (χ2v) is 10.2. The predicted octanol–water partition coefficient (Wildman–Crippen LogP) is 2.99. The van der Waals surface area contributed by atoms with Crippen molar-refractivity contribution in [1.82, 2.24) is 4.90 Å². The zero-order chi connectivity index (χ0) is 24.2. The molecule has 0 bridgehead atoms. The molecule has 2 amide bonds. The first kappa shape index (κ1) is 24.6. The van der Waals surface area contributed by atoms with Gasteiger partial charge in [0.25, 0.3) is 0 Å². The quantitative estimate of drug-likeness (QED) is 0.460. The molecule has 0 saturated carbocycles. The molecule has 33 heavy (non-hydrogen) atoms. The summed E-state index contributed by atoms with van der Waals surface area (Å²) in [5, 5.41) is 2.66. The minimum absolute atomic E-state index is 0.116. The number of rotatable bonds is 7. The van der Waals surface area contributed by atoms with E-state index in [1.807, 2.05) is 0 Å². The topological polar surface area (TPSA) is 119 Å². The van der Waals surface area contributed by atoms with Crippen LogP contribution >= 0.6 is 11.3 Å². The molecule has 0 atom stereocenters. The summed E-state index contributed by atoms with van der Waals surface area (Å²) in [4.78, 5) is 39.2. The minimum Gasteiger partial charge on any atom is -0.462 e. The Kier molecular flexibility index (Phi) is 7.69. The lowest BCUT2D eigenvalue weighted by atomic mass is 10.0. The van der Waals surface area contributed by atoms with Gasteiger partial charge in [0.05, 0.1) is 30.2 Å². The second kappa shape index (κ2) is 10.3. The summed E-state index contributed by atoms with van der Waals surface area (Å²) in [6, 6.07) is 4.14. The van der Waals surface area contributed by atoms with Crippen molar-refractivity contribution in [2.24, 2.45) is 0 Å². The molecule has 0 saturated heterocycles. The van der Waals surface area contributed by atoms with E-state index in [0.29, 0.717) is 23.4 Å². The van der Waals surface area contributed by atoms with Crippen LogP contribution in [0.4, 0.5) is 14.2 Å². The summed E-state index contributed by atoms with van der Waals surface area (Å²) in [5.74, 6) is -2.99. The molecule has 2 aromatic rings. The monoisotopic (exact) mass is 498 g/mol. The number of carbonyl (C=O) groups is 3. The van der Waals surface area contributed by atoms with Crippen LogP contribution in [0.25, 0.3) is 0 Å². The highest BCUT2D eigenvalue weighted by molar-refractivity contribution is 7.92. The molecule has 1 aliphatic rings. The Morgan fingerprint density at radius 2 is 1.79 bits per heavy atom. The molecule has 9 nitrogen and oxygen atoms in total. The number of amides is 2. The lowest BCUT2D eigenvalue weighted by Gasteiger charge is -2.26. The standard InChI is InChI=1S/C21H23FN2O7S2/c1-3-30-20(26)18-15-9-10-24(21(27)31-4-2)11-16(15)32-19(18)23-17(25)12-33(28,29)14-7-5-13(22)6-8-14/h5-8H,3-4,9-12H2,1-2H3,(H,23,25). The largest absolute Gasteiger partial charge is 0.462 e. The average Bonchev–Trinajstić information content (AvgIpc) is 3.10. The van der Waals surface area contributed by atoms with Gasteiger partial charge in [-0.3, -0.25) is 4.79 Å². The van der Waals surface area contributed by atoms with Crippen LogP contribution in [0.3, 0.4) is 0 Å². The summed E-state index contributed by atoms with van der Waals surface area (Å²) in [7, 11) is -4.03. The lowest BCUT2D eigenvalue weighted by Crippen LogP contribution is -2.36. The first-order valence-corrected chi connectivity index (χ1v) is 12.6. The van der Waals surface area contributed by atoms with E-state index in [-0.39, 0.29) is 35.2 Å². The van der Waals surface area contributed by atoms with Gasteiger partial charge in [0.2, 0.25) is 5.91 Å². The summed E-state index contributed by atoms with van der Waals surface area (Å²) < 4.78 is 48.3. The Morgan fingerprint density at radius 3 is 2.42 bits per heavy atom. The van der Waals surface area contributed by atoms with Crippen molar-refractivity contribution in [2.45, 2.75) is 31.7 Å². The van der Waals surface area contributed by atoms with Crippen LogP contribution in [0.2, 0.25) is 0 Å². The maximum Gasteiger partial charge on any atom is 0.410 e. The van der Waals surface area contributed by atoms with Crippen LogP contribution < -0.4 is 5.32 Å². The van der Waals surface area contributed by atoms with Crippen LogP contribution in [0, 0.1) is 5.82 Å². The number of anilines is 1. The van der Waals surface area contributed by atoms with Crippen LogP contribution in [-0.4, -0.2) is 56.8 Å². The number of esters is 1.